The van der Waals surface area contributed by atoms with Crippen molar-refractivity contribution in [3.63, 3.8) is 0 Å². The third-order valence-electron chi connectivity index (χ3n) is 2.48. The van der Waals surface area contributed by atoms with Gasteiger partial charge in [-0.25, -0.2) is 0 Å². The van der Waals surface area contributed by atoms with E-state index in [1.807, 2.05) is 0 Å². The zero-order valence-corrected chi connectivity index (χ0v) is 10.9. The normalized spacial score (nSPS) is 11.7. The number of amides is 1. The molecular weight excluding hydrogens is 299 g/mol. The Bertz CT molecular complexity index is 620. The Morgan fingerprint density at radius 1 is 1.55 bits per heavy atom. The van der Waals surface area contributed by atoms with Gasteiger partial charge in [0, 0.05) is 7.05 Å². The maximum absolute atomic E-state index is 12.8. The summed E-state index contributed by atoms with van der Waals surface area (Å²) < 4.78 is 44.1. The van der Waals surface area contributed by atoms with Gasteiger partial charge in [-0.1, -0.05) is 11.6 Å². The number of nitrogens with one attached hydrogen (secondary N) is 1. The van der Waals surface area contributed by atoms with E-state index in [1.54, 1.807) is 12.1 Å². The molecule has 0 aliphatic carbocycles. The Morgan fingerprint density at radius 2 is 2.25 bits per heavy atom. The number of halogens is 4. The van der Waals surface area contributed by atoms with Gasteiger partial charge in [-0.15, -0.1) is 0 Å². The van der Waals surface area contributed by atoms with Crippen molar-refractivity contribution < 1.29 is 22.4 Å². The van der Waals surface area contributed by atoms with Crippen molar-refractivity contribution in [2.24, 2.45) is 7.05 Å². The van der Waals surface area contributed by atoms with Crippen LogP contribution < -0.4 is 5.32 Å². The SMILES string of the molecule is Cn1nc(C(F)(F)F)c(C(=O)NCc2ccco2)c1Cl. The van der Waals surface area contributed by atoms with Gasteiger partial charge in [-0.2, -0.15) is 18.3 Å². The van der Waals surface area contributed by atoms with Crippen LogP contribution in [0.15, 0.2) is 22.8 Å². The number of furan rings is 1. The molecule has 108 valence electrons. The molecule has 20 heavy (non-hydrogen) atoms. The average molecular weight is 308 g/mol. The van der Waals surface area contributed by atoms with E-state index in [9.17, 15) is 18.0 Å². The van der Waals surface area contributed by atoms with Crippen LogP contribution in [0.25, 0.3) is 0 Å². The Kier molecular flexibility index (Phi) is 3.76. The van der Waals surface area contributed by atoms with E-state index in [0.717, 1.165) is 4.68 Å². The molecule has 2 heterocycles. The first-order valence-electron chi connectivity index (χ1n) is 5.41. The van der Waals surface area contributed by atoms with Crippen molar-refractivity contribution in [1.29, 1.82) is 0 Å². The maximum atomic E-state index is 12.8. The summed E-state index contributed by atoms with van der Waals surface area (Å²) in [5.74, 6) is -0.557. The highest BCUT2D eigenvalue weighted by Gasteiger charge is 2.40. The summed E-state index contributed by atoms with van der Waals surface area (Å²) in [5.41, 5.74) is -2.02. The van der Waals surface area contributed by atoms with Crippen LogP contribution in [-0.2, 0) is 19.8 Å². The van der Waals surface area contributed by atoms with Crippen LogP contribution in [0.4, 0.5) is 13.2 Å². The lowest BCUT2D eigenvalue weighted by Crippen LogP contribution is -2.25. The summed E-state index contributed by atoms with van der Waals surface area (Å²) in [5, 5.41) is 5.14. The monoisotopic (exact) mass is 307 g/mol. The quantitative estimate of drug-likeness (QED) is 0.948. The van der Waals surface area contributed by atoms with Gasteiger partial charge in [0.25, 0.3) is 5.91 Å². The number of aryl methyl sites for hydroxylation is 1. The Morgan fingerprint density at radius 3 is 2.80 bits per heavy atom. The first-order valence-corrected chi connectivity index (χ1v) is 5.78. The molecule has 0 aliphatic heterocycles. The van der Waals surface area contributed by atoms with Gasteiger partial charge >= 0.3 is 6.18 Å². The molecule has 0 bridgehead atoms. The molecule has 0 atom stereocenters. The molecule has 2 aromatic heterocycles. The first kappa shape index (κ1) is 14.4. The Hall–Kier alpha value is -1.96. The minimum absolute atomic E-state index is 0.0473. The highest BCUT2D eigenvalue weighted by atomic mass is 35.5. The number of alkyl halides is 3. The number of hydrogen-bond donors (Lipinski definition) is 1. The zero-order chi connectivity index (χ0) is 14.9. The summed E-state index contributed by atoms with van der Waals surface area (Å²) >= 11 is 5.69. The predicted molar refractivity (Wildman–Crippen MR) is 63.1 cm³/mol. The second-order valence-electron chi connectivity index (χ2n) is 3.90. The minimum Gasteiger partial charge on any atom is -0.467 e. The largest absolute Gasteiger partial charge is 0.467 e. The summed E-state index contributed by atoms with van der Waals surface area (Å²) in [7, 11) is 1.22. The van der Waals surface area contributed by atoms with Crippen molar-refractivity contribution in [3.8, 4) is 0 Å². The zero-order valence-electron chi connectivity index (χ0n) is 10.2. The molecule has 0 aromatic carbocycles. The molecule has 2 aromatic rings. The van der Waals surface area contributed by atoms with Gasteiger partial charge in [-0.05, 0) is 12.1 Å². The number of hydrogen-bond acceptors (Lipinski definition) is 3. The van der Waals surface area contributed by atoms with Crippen LogP contribution >= 0.6 is 11.6 Å². The van der Waals surface area contributed by atoms with Crippen LogP contribution in [0.1, 0.15) is 21.8 Å². The molecule has 2 rings (SSSR count). The number of rotatable bonds is 3. The molecule has 5 nitrogen and oxygen atoms in total. The molecule has 1 N–H and O–H groups in total. The van der Waals surface area contributed by atoms with Gasteiger partial charge in [0.2, 0.25) is 0 Å². The van der Waals surface area contributed by atoms with E-state index in [0.29, 0.717) is 5.76 Å². The lowest BCUT2D eigenvalue weighted by molar-refractivity contribution is -0.141. The number of nitrogens with zero attached hydrogens (tertiary/aromatic N) is 2. The van der Waals surface area contributed by atoms with Crippen molar-refractivity contribution in [1.82, 2.24) is 15.1 Å². The highest BCUT2D eigenvalue weighted by molar-refractivity contribution is 6.33. The van der Waals surface area contributed by atoms with E-state index in [-0.39, 0.29) is 11.7 Å². The van der Waals surface area contributed by atoms with Crippen LogP contribution in [0.2, 0.25) is 5.15 Å². The van der Waals surface area contributed by atoms with Crippen LogP contribution in [0.3, 0.4) is 0 Å². The summed E-state index contributed by atoms with van der Waals surface area (Å²) in [6.45, 7) is -0.0473. The average Bonchev–Trinajstić information content (AvgIpc) is 2.95. The minimum atomic E-state index is -4.76. The number of carbonyl (C=O) groups is 1. The molecular formula is C11H9ClF3N3O2. The topological polar surface area (TPSA) is 60.1 Å². The van der Waals surface area contributed by atoms with E-state index in [2.05, 4.69) is 10.4 Å². The van der Waals surface area contributed by atoms with E-state index in [1.165, 1.54) is 13.3 Å². The summed E-state index contributed by atoms with van der Waals surface area (Å²) in [6.07, 6.45) is -3.37. The fourth-order valence-corrected chi connectivity index (χ4v) is 1.79. The lowest BCUT2D eigenvalue weighted by atomic mass is 10.2. The van der Waals surface area contributed by atoms with Gasteiger partial charge in [-0.3, -0.25) is 9.48 Å². The first-order chi connectivity index (χ1) is 9.30. The maximum Gasteiger partial charge on any atom is 0.436 e. The molecule has 0 saturated heterocycles. The molecule has 0 aliphatic rings. The van der Waals surface area contributed by atoms with E-state index >= 15 is 0 Å². The van der Waals surface area contributed by atoms with Gasteiger partial charge in [0.1, 0.15) is 16.5 Å². The standard InChI is InChI=1S/C11H9ClF3N3O2/c1-18-9(12)7(8(17-18)11(13,14)15)10(19)16-5-6-3-2-4-20-6/h2-4H,5H2,1H3,(H,16,19). The summed E-state index contributed by atoms with van der Waals surface area (Å²) in [6, 6.07) is 3.18. The molecule has 0 saturated carbocycles. The molecule has 0 fully saturated rings. The van der Waals surface area contributed by atoms with Crippen LogP contribution in [0.5, 0.6) is 0 Å². The van der Waals surface area contributed by atoms with Crippen molar-refractivity contribution >= 4 is 17.5 Å². The Balaban J connectivity index is 2.25. The third-order valence-corrected chi connectivity index (χ3v) is 2.91. The second-order valence-corrected chi connectivity index (χ2v) is 4.26. The van der Waals surface area contributed by atoms with Crippen molar-refractivity contribution in [2.75, 3.05) is 0 Å². The molecule has 0 radical (unpaired) electrons. The van der Waals surface area contributed by atoms with Crippen LogP contribution in [0, 0.1) is 0 Å². The smallest absolute Gasteiger partial charge is 0.436 e. The fourth-order valence-electron chi connectivity index (χ4n) is 1.57. The highest BCUT2D eigenvalue weighted by Crippen LogP contribution is 2.34. The number of carbonyl (C=O) groups excluding carboxylic acids is 1. The number of aromatic nitrogens is 2. The van der Waals surface area contributed by atoms with Gasteiger partial charge in [0.15, 0.2) is 5.69 Å². The fraction of sp³-hybridized carbons (Fsp3) is 0.273. The summed E-state index contributed by atoms with van der Waals surface area (Å²) in [4.78, 5) is 11.9. The molecule has 9 heteroatoms. The van der Waals surface area contributed by atoms with Gasteiger partial charge < -0.3 is 9.73 Å². The predicted octanol–water partition coefficient (Wildman–Crippen LogP) is 2.62. The second kappa shape index (κ2) is 5.20. The van der Waals surface area contributed by atoms with Crippen molar-refractivity contribution in [3.05, 3.63) is 40.6 Å². The molecule has 0 unspecified atom stereocenters. The van der Waals surface area contributed by atoms with Crippen molar-refractivity contribution in [2.45, 2.75) is 12.7 Å². The third kappa shape index (κ3) is 2.79. The van der Waals surface area contributed by atoms with Crippen LogP contribution in [-0.4, -0.2) is 15.7 Å². The lowest BCUT2D eigenvalue weighted by Gasteiger charge is -2.06. The molecule has 0 spiro atoms. The molecule has 1 amide bonds. The van der Waals surface area contributed by atoms with Gasteiger partial charge in [0.05, 0.1) is 12.8 Å². The Labute approximate surface area is 116 Å². The van der Waals surface area contributed by atoms with E-state index < -0.39 is 23.3 Å². The van der Waals surface area contributed by atoms with E-state index in [4.69, 9.17) is 16.0 Å².